The van der Waals surface area contributed by atoms with Crippen LogP contribution in [0.4, 0.5) is 17.1 Å². The van der Waals surface area contributed by atoms with Crippen LogP contribution in [-0.4, -0.2) is 51.7 Å². The van der Waals surface area contributed by atoms with Gasteiger partial charge >= 0.3 is 0 Å². The Balaban J connectivity index is 1.38. The fourth-order valence-corrected chi connectivity index (χ4v) is 4.55. The number of carbonyl (C=O) groups excluding carboxylic acids is 2. The predicted molar refractivity (Wildman–Crippen MR) is 125 cm³/mol. The Morgan fingerprint density at radius 1 is 1.03 bits per heavy atom. The quantitative estimate of drug-likeness (QED) is 0.649. The van der Waals surface area contributed by atoms with Crippen LogP contribution in [0.25, 0.3) is 5.69 Å². The van der Waals surface area contributed by atoms with Gasteiger partial charge in [0.2, 0.25) is 11.8 Å². The smallest absolute Gasteiger partial charge is 0.229 e. The van der Waals surface area contributed by atoms with Crippen LogP contribution in [0.1, 0.15) is 31.2 Å². The number of amides is 2. The molecule has 2 amide bonds. The first-order valence-electron chi connectivity index (χ1n) is 11.4. The SMILES string of the molecule is Cc1ccc(N2CC(C(=O)Nc3cc(-n4cnnn4)ccc3N3CCCCC3)CC2=O)cc1. The molecule has 3 aromatic rings. The molecule has 5 rings (SSSR count). The molecule has 0 spiro atoms. The van der Waals surface area contributed by atoms with Crippen molar-refractivity contribution < 1.29 is 9.59 Å². The van der Waals surface area contributed by atoms with E-state index < -0.39 is 5.92 Å². The van der Waals surface area contributed by atoms with E-state index >= 15 is 0 Å². The van der Waals surface area contributed by atoms with E-state index in [1.54, 1.807) is 9.58 Å². The maximum Gasteiger partial charge on any atom is 0.229 e. The summed E-state index contributed by atoms with van der Waals surface area (Å²) < 4.78 is 1.56. The average molecular weight is 446 g/mol. The molecule has 9 heteroatoms. The van der Waals surface area contributed by atoms with Gasteiger partial charge in [-0.1, -0.05) is 17.7 Å². The van der Waals surface area contributed by atoms with Gasteiger partial charge in [-0.3, -0.25) is 9.59 Å². The summed E-state index contributed by atoms with van der Waals surface area (Å²) in [4.78, 5) is 29.9. The number of aryl methyl sites for hydroxylation is 1. The largest absolute Gasteiger partial charge is 0.370 e. The number of piperidine rings is 1. The molecule has 2 aliphatic heterocycles. The highest BCUT2D eigenvalue weighted by Gasteiger charge is 2.35. The standard InChI is InChI=1S/C24H27N7O2/c1-17-5-7-19(8-6-17)30-15-18(13-23(30)32)24(33)26-21-14-20(31-16-25-27-28-31)9-10-22(21)29-11-3-2-4-12-29/h5-10,14,16,18H,2-4,11-13,15H2,1H3,(H,26,33). The van der Waals surface area contributed by atoms with Gasteiger partial charge in [-0.05, 0) is 66.9 Å². The molecule has 0 bridgehead atoms. The lowest BCUT2D eigenvalue weighted by molar-refractivity contribution is -0.122. The van der Waals surface area contributed by atoms with Crippen LogP contribution >= 0.6 is 0 Å². The average Bonchev–Trinajstić information content (AvgIpc) is 3.51. The molecule has 2 aliphatic rings. The van der Waals surface area contributed by atoms with Crippen molar-refractivity contribution in [3.63, 3.8) is 0 Å². The fourth-order valence-electron chi connectivity index (χ4n) is 4.55. The molecule has 2 fully saturated rings. The van der Waals surface area contributed by atoms with Gasteiger partial charge in [0.1, 0.15) is 6.33 Å². The number of carbonyl (C=O) groups is 2. The minimum atomic E-state index is -0.412. The molecule has 1 unspecified atom stereocenters. The minimum absolute atomic E-state index is 0.0299. The third-order valence-corrected chi connectivity index (χ3v) is 6.39. The molecule has 0 saturated carbocycles. The highest BCUT2D eigenvalue weighted by molar-refractivity contribution is 6.04. The second kappa shape index (κ2) is 9.01. The van der Waals surface area contributed by atoms with Gasteiger partial charge in [-0.2, -0.15) is 0 Å². The van der Waals surface area contributed by atoms with Crippen LogP contribution in [0.5, 0.6) is 0 Å². The monoisotopic (exact) mass is 445 g/mol. The molecule has 2 saturated heterocycles. The van der Waals surface area contributed by atoms with Crippen molar-refractivity contribution in [3.8, 4) is 5.69 Å². The summed E-state index contributed by atoms with van der Waals surface area (Å²) in [5.41, 5.74) is 4.43. The van der Waals surface area contributed by atoms with Crippen LogP contribution in [0.2, 0.25) is 0 Å². The summed E-state index contributed by atoms with van der Waals surface area (Å²) in [5.74, 6) is -0.590. The number of nitrogens with one attached hydrogen (secondary N) is 1. The Morgan fingerprint density at radius 3 is 2.52 bits per heavy atom. The lowest BCUT2D eigenvalue weighted by atomic mass is 10.1. The number of rotatable bonds is 5. The van der Waals surface area contributed by atoms with Crippen LogP contribution in [0.3, 0.4) is 0 Å². The maximum atomic E-state index is 13.3. The second-order valence-electron chi connectivity index (χ2n) is 8.73. The van der Waals surface area contributed by atoms with Crippen molar-refractivity contribution in [2.45, 2.75) is 32.6 Å². The van der Waals surface area contributed by atoms with E-state index in [1.165, 1.54) is 12.7 Å². The summed E-state index contributed by atoms with van der Waals surface area (Å²) in [7, 11) is 0. The number of hydrogen-bond donors (Lipinski definition) is 1. The van der Waals surface area contributed by atoms with E-state index in [9.17, 15) is 9.59 Å². The Bertz CT molecular complexity index is 1140. The first-order valence-corrected chi connectivity index (χ1v) is 11.4. The summed E-state index contributed by atoms with van der Waals surface area (Å²) in [6.45, 7) is 4.29. The van der Waals surface area contributed by atoms with E-state index in [-0.39, 0.29) is 18.2 Å². The Kier molecular flexibility index (Phi) is 5.77. The maximum absolute atomic E-state index is 13.3. The summed E-state index contributed by atoms with van der Waals surface area (Å²) in [5, 5.41) is 14.5. The zero-order valence-electron chi connectivity index (χ0n) is 18.6. The van der Waals surface area contributed by atoms with E-state index in [1.807, 2.05) is 49.4 Å². The van der Waals surface area contributed by atoms with E-state index in [0.717, 1.165) is 54.2 Å². The summed E-state index contributed by atoms with van der Waals surface area (Å²) >= 11 is 0. The number of anilines is 3. The fraction of sp³-hybridized carbons (Fsp3) is 0.375. The van der Waals surface area contributed by atoms with E-state index in [4.69, 9.17) is 0 Å². The Hall–Kier alpha value is -3.75. The van der Waals surface area contributed by atoms with Gasteiger partial charge in [-0.25, -0.2) is 4.68 Å². The number of tetrazole rings is 1. The third kappa shape index (κ3) is 4.44. The van der Waals surface area contributed by atoms with Gasteiger partial charge < -0.3 is 15.1 Å². The lowest BCUT2D eigenvalue weighted by Gasteiger charge is -2.31. The summed E-state index contributed by atoms with van der Waals surface area (Å²) in [6, 6.07) is 13.7. The van der Waals surface area contributed by atoms with Crippen molar-refractivity contribution in [1.82, 2.24) is 20.2 Å². The van der Waals surface area contributed by atoms with Crippen LogP contribution in [-0.2, 0) is 9.59 Å². The zero-order chi connectivity index (χ0) is 22.8. The molecule has 1 atom stereocenters. The Morgan fingerprint density at radius 2 is 1.79 bits per heavy atom. The number of aromatic nitrogens is 4. The highest BCUT2D eigenvalue weighted by atomic mass is 16.2. The van der Waals surface area contributed by atoms with Crippen LogP contribution in [0.15, 0.2) is 48.8 Å². The van der Waals surface area contributed by atoms with Gasteiger partial charge in [-0.15, -0.1) is 5.10 Å². The number of nitrogens with zero attached hydrogens (tertiary/aromatic N) is 6. The Labute approximate surface area is 192 Å². The molecule has 3 heterocycles. The summed E-state index contributed by atoms with van der Waals surface area (Å²) in [6.07, 6.45) is 5.21. The number of hydrogen-bond acceptors (Lipinski definition) is 6. The molecule has 2 aromatic carbocycles. The number of benzene rings is 2. The van der Waals surface area contributed by atoms with E-state index in [2.05, 4.69) is 25.7 Å². The van der Waals surface area contributed by atoms with Gasteiger partial charge in [0.15, 0.2) is 0 Å². The molecule has 1 aromatic heterocycles. The van der Waals surface area contributed by atoms with E-state index in [0.29, 0.717) is 6.54 Å². The molecular weight excluding hydrogens is 418 g/mol. The second-order valence-corrected chi connectivity index (χ2v) is 8.73. The molecule has 33 heavy (non-hydrogen) atoms. The van der Waals surface area contributed by atoms with Gasteiger partial charge in [0.05, 0.1) is 23.0 Å². The van der Waals surface area contributed by atoms with Gasteiger partial charge in [0, 0.05) is 31.7 Å². The molecule has 170 valence electrons. The first kappa shape index (κ1) is 21.1. The lowest BCUT2D eigenvalue weighted by Crippen LogP contribution is -2.32. The normalized spacial score (nSPS) is 18.6. The predicted octanol–water partition coefficient (Wildman–Crippen LogP) is 2.95. The van der Waals surface area contributed by atoms with Crippen LogP contribution in [0, 0.1) is 12.8 Å². The molecule has 0 radical (unpaired) electrons. The highest BCUT2D eigenvalue weighted by Crippen LogP contribution is 2.32. The molecular formula is C24H27N7O2. The zero-order valence-corrected chi connectivity index (χ0v) is 18.6. The van der Waals surface area contributed by atoms with Crippen molar-refractivity contribution in [3.05, 3.63) is 54.4 Å². The third-order valence-electron chi connectivity index (χ3n) is 6.39. The molecule has 1 N–H and O–H groups in total. The van der Waals surface area contributed by atoms with Crippen molar-refractivity contribution in [2.24, 2.45) is 5.92 Å². The van der Waals surface area contributed by atoms with Crippen LogP contribution < -0.4 is 15.1 Å². The topological polar surface area (TPSA) is 96.2 Å². The molecule has 9 nitrogen and oxygen atoms in total. The van der Waals surface area contributed by atoms with Crippen molar-refractivity contribution >= 4 is 28.9 Å². The first-order chi connectivity index (χ1) is 16.1. The van der Waals surface area contributed by atoms with Crippen molar-refractivity contribution in [1.29, 1.82) is 0 Å². The van der Waals surface area contributed by atoms with Gasteiger partial charge in [0.25, 0.3) is 0 Å². The van der Waals surface area contributed by atoms with Crippen molar-refractivity contribution in [2.75, 3.05) is 34.8 Å². The molecule has 0 aliphatic carbocycles. The minimum Gasteiger partial charge on any atom is -0.370 e.